The van der Waals surface area contributed by atoms with Crippen molar-refractivity contribution in [3.8, 4) is 0 Å². The van der Waals surface area contributed by atoms with Crippen LogP contribution < -0.4 is 15.8 Å². The minimum absolute atomic E-state index is 0.0104. The van der Waals surface area contributed by atoms with Gasteiger partial charge in [-0.15, -0.1) is 0 Å². The number of fused-ring (bicyclic) bond motifs is 1. The fraction of sp³-hybridized carbons (Fsp3) is 0.545. The molecule has 0 spiro atoms. The van der Waals surface area contributed by atoms with Crippen molar-refractivity contribution >= 4 is 28.2 Å². The fourth-order valence-electron chi connectivity index (χ4n) is 4.05. The monoisotopic (exact) mass is 401 g/mol. The summed E-state index contributed by atoms with van der Waals surface area (Å²) in [4.78, 5) is 19.5. The van der Waals surface area contributed by atoms with Crippen molar-refractivity contribution in [2.24, 2.45) is 0 Å². The van der Waals surface area contributed by atoms with Crippen molar-refractivity contribution in [3.05, 3.63) is 45.7 Å². The summed E-state index contributed by atoms with van der Waals surface area (Å²) >= 11 is 5.75. The molecular formula is C22H33N4OS+. The van der Waals surface area contributed by atoms with Crippen molar-refractivity contribution in [2.75, 3.05) is 27.2 Å². The van der Waals surface area contributed by atoms with Gasteiger partial charge < -0.3 is 20.1 Å². The minimum Gasteiger partial charge on any atom is -0.362 e. The quantitative estimate of drug-likeness (QED) is 0.491. The van der Waals surface area contributed by atoms with E-state index in [2.05, 4.69) is 35.4 Å². The van der Waals surface area contributed by atoms with Gasteiger partial charge in [-0.3, -0.25) is 4.79 Å². The highest BCUT2D eigenvalue weighted by Gasteiger charge is 2.25. The van der Waals surface area contributed by atoms with Crippen molar-refractivity contribution in [1.29, 1.82) is 0 Å². The normalized spacial score (nSPS) is 14.7. The summed E-state index contributed by atoms with van der Waals surface area (Å²) in [6, 6.07) is 8.57. The van der Waals surface area contributed by atoms with Gasteiger partial charge in [0.25, 0.3) is 5.56 Å². The number of aryl methyl sites for hydroxylation is 1. The summed E-state index contributed by atoms with van der Waals surface area (Å²) < 4.78 is 0. The van der Waals surface area contributed by atoms with E-state index in [0.717, 1.165) is 59.5 Å². The van der Waals surface area contributed by atoms with Gasteiger partial charge in [0.2, 0.25) is 0 Å². The van der Waals surface area contributed by atoms with Gasteiger partial charge >= 0.3 is 0 Å². The van der Waals surface area contributed by atoms with Crippen molar-refractivity contribution in [3.63, 3.8) is 0 Å². The number of hydrogen-bond acceptors (Lipinski definition) is 2. The van der Waals surface area contributed by atoms with Crippen LogP contribution in [0.4, 0.5) is 0 Å². The number of nitrogens with zero attached hydrogens (tertiary/aromatic N) is 1. The Bertz CT molecular complexity index is 870. The van der Waals surface area contributed by atoms with E-state index in [9.17, 15) is 4.79 Å². The Kier molecular flexibility index (Phi) is 7.08. The maximum absolute atomic E-state index is 12.7. The van der Waals surface area contributed by atoms with Gasteiger partial charge in [0.05, 0.1) is 32.7 Å². The van der Waals surface area contributed by atoms with Crippen LogP contribution >= 0.6 is 12.2 Å². The van der Waals surface area contributed by atoms with Crippen LogP contribution in [0.3, 0.4) is 0 Å². The Labute approximate surface area is 173 Å². The number of H-pyrrole nitrogens is 1. The summed E-state index contributed by atoms with van der Waals surface area (Å²) in [5.74, 6) is 0. The number of para-hydroxylation sites is 1. The molecule has 3 rings (SSSR count). The number of hydrogen-bond donors (Lipinski definition) is 3. The highest BCUT2D eigenvalue weighted by atomic mass is 32.1. The SMILES string of the molecule is Cc1cccc2cc(CN(C(=S)NCCC[NH+](C)C)C3CCCC3)c(=O)[nH]c12. The molecule has 6 heteroatoms. The van der Waals surface area contributed by atoms with E-state index in [1.165, 1.54) is 17.7 Å². The summed E-state index contributed by atoms with van der Waals surface area (Å²) in [5, 5.41) is 5.29. The lowest BCUT2D eigenvalue weighted by molar-refractivity contribution is -0.858. The van der Waals surface area contributed by atoms with Crippen LogP contribution in [0.5, 0.6) is 0 Å². The molecule has 2 aromatic rings. The molecule has 5 nitrogen and oxygen atoms in total. The molecule has 152 valence electrons. The minimum atomic E-state index is -0.0104. The van der Waals surface area contributed by atoms with Crippen LogP contribution in [-0.2, 0) is 6.54 Å². The standard InChI is InChI=1S/C22H32N4OS/c1-16-8-6-9-17-14-18(21(27)24-20(16)17)15-26(19-10-4-5-11-19)22(28)23-12-7-13-25(2)3/h6,8-9,14,19H,4-5,7,10-13,15H2,1-3H3,(H,23,28)(H,24,27)/p+1. The molecule has 1 aliphatic rings. The summed E-state index contributed by atoms with van der Waals surface area (Å²) in [6.07, 6.45) is 5.85. The number of aromatic nitrogens is 1. The Hall–Kier alpha value is -1.92. The molecule has 1 aliphatic carbocycles. The molecular weight excluding hydrogens is 368 g/mol. The van der Waals surface area contributed by atoms with Gasteiger partial charge in [-0.25, -0.2) is 0 Å². The predicted octanol–water partition coefficient (Wildman–Crippen LogP) is 1.99. The molecule has 1 fully saturated rings. The van der Waals surface area contributed by atoms with E-state index in [-0.39, 0.29) is 5.56 Å². The summed E-state index contributed by atoms with van der Waals surface area (Å²) in [5.41, 5.74) is 2.79. The van der Waals surface area contributed by atoms with E-state index >= 15 is 0 Å². The van der Waals surface area contributed by atoms with Crippen molar-refractivity contribution < 1.29 is 4.90 Å². The second-order valence-corrected chi connectivity index (χ2v) is 8.66. The first kappa shape index (κ1) is 20.8. The lowest BCUT2D eigenvalue weighted by Gasteiger charge is -2.31. The number of rotatable bonds is 7. The molecule has 0 unspecified atom stereocenters. The van der Waals surface area contributed by atoms with E-state index in [4.69, 9.17) is 12.2 Å². The number of thiocarbonyl (C=S) groups is 1. The second-order valence-electron chi connectivity index (χ2n) is 8.27. The van der Waals surface area contributed by atoms with E-state index in [0.29, 0.717) is 12.6 Å². The first-order chi connectivity index (χ1) is 13.5. The van der Waals surface area contributed by atoms with Crippen molar-refractivity contribution in [1.82, 2.24) is 15.2 Å². The van der Waals surface area contributed by atoms with Crippen LogP contribution in [0.15, 0.2) is 29.1 Å². The van der Waals surface area contributed by atoms with Gasteiger partial charge in [0.15, 0.2) is 5.11 Å². The predicted molar refractivity (Wildman–Crippen MR) is 120 cm³/mol. The maximum atomic E-state index is 12.7. The molecule has 28 heavy (non-hydrogen) atoms. The van der Waals surface area contributed by atoms with Crippen molar-refractivity contribution in [2.45, 2.75) is 51.6 Å². The van der Waals surface area contributed by atoms with Gasteiger partial charge in [0, 0.05) is 24.6 Å². The highest BCUT2D eigenvalue weighted by Crippen LogP contribution is 2.25. The highest BCUT2D eigenvalue weighted by molar-refractivity contribution is 7.80. The van der Waals surface area contributed by atoms with Crippen LogP contribution in [0, 0.1) is 6.92 Å². The zero-order chi connectivity index (χ0) is 20.1. The second kappa shape index (κ2) is 9.52. The third-order valence-corrected chi connectivity index (χ3v) is 6.04. The summed E-state index contributed by atoms with van der Waals surface area (Å²) in [6.45, 7) is 4.58. The fourth-order valence-corrected chi connectivity index (χ4v) is 4.37. The van der Waals surface area contributed by atoms with Gasteiger partial charge in [-0.1, -0.05) is 31.0 Å². The van der Waals surface area contributed by atoms with Crippen LogP contribution in [0.1, 0.15) is 43.2 Å². The Morgan fingerprint density at radius 2 is 2.07 bits per heavy atom. The van der Waals surface area contributed by atoms with E-state index in [1.54, 1.807) is 0 Å². The molecule has 0 radical (unpaired) electrons. The average molecular weight is 402 g/mol. The zero-order valence-corrected chi connectivity index (χ0v) is 18.1. The molecule has 1 aromatic carbocycles. The number of pyridine rings is 1. The number of benzene rings is 1. The number of aromatic amines is 1. The third kappa shape index (κ3) is 5.11. The average Bonchev–Trinajstić information content (AvgIpc) is 3.18. The van der Waals surface area contributed by atoms with Crippen LogP contribution in [-0.4, -0.2) is 48.2 Å². The number of nitrogens with one attached hydrogen (secondary N) is 3. The van der Waals surface area contributed by atoms with Gasteiger partial charge in [-0.2, -0.15) is 0 Å². The van der Waals surface area contributed by atoms with E-state index in [1.807, 2.05) is 25.1 Å². The molecule has 1 aromatic heterocycles. The molecule has 1 saturated carbocycles. The Morgan fingerprint density at radius 1 is 1.32 bits per heavy atom. The largest absolute Gasteiger partial charge is 0.362 e. The lowest BCUT2D eigenvalue weighted by Crippen LogP contribution is -3.05. The molecule has 0 atom stereocenters. The van der Waals surface area contributed by atoms with Gasteiger partial charge in [0.1, 0.15) is 0 Å². The first-order valence-electron chi connectivity index (χ1n) is 10.4. The summed E-state index contributed by atoms with van der Waals surface area (Å²) in [7, 11) is 4.33. The molecule has 0 amide bonds. The molecule has 1 heterocycles. The molecule has 0 saturated heterocycles. The zero-order valence-electron chi connectivity index (χ0n) is 17.3. The number of quaternary nitrogens is 1. The third-order valence-electron chi connectivity index (χ3n) is 5.66. The molecule has 0 bridgehead atoms. The van der Waals surface area contributed by atoms with Crippen LogP contribution in [0.2, 0.25) is 0 Å². The maximum Gasteiger partial charge on any atom is 0.253 e. The smallest absolute Gasteiger partial charge is 0.253 e. The Morgan fingerprint density at radius 3 is 2.79 bits per heavy atom. The van der Waals surface area contributed by atoms with E-state index < -0.39 is 0 Å². The molecule has 3 N–H and O–H groups in total. The van der Waals surface area contributed by atoms with Gasteiger partial charge in [-0.05, 0) is 49.0 Å². The first-order valence-corrected chi connectivity index (χ1v) is 10.8. The lowest BCUT2D eigenvalue weighted by atomic mass is 10.1. The topological polar surface area (TPSA) is 52.6 Å². The Balaban J connectivity index is 1.77. The van der Waals surface area contributed by atoms with Crippen LogP contribution in [0.25, 0.3) is 10.9 Å². The molecule has 0 aliphatic heterocycles.